The van der Waals surface area contributed by atoms with Gasteiger partial charge >= 0.3 is 0 Å². The molecule has 0 saturated carbocycles. The number of hydrogen-bond acceptors (Lipinski definition) is 3. The van der Waals surface area contributed by atoms with Gasteiger partial charge in [-0.25, -0.2) is 0 Å². The van der Waals surface area contributed by atoms with Gasteiger partial charge in [-0.3, -0.25) is 0 Å². The van der Waals surface area contributed by atoms with Gasteiger partial charge in [0.15, 0.2) is 5.75 Å². The maximum absolute atomic E-state index is 9.99. The minimum absolute atomic E-state index is 0.0115. The first-order chi connectivity index (χ1) is 12.1. The summed E-state index contributed by atoms with van der Waals surface area (Å²) in [6, 6.07) is 20.9. The molecule has 0 aliphatic carbocycles. The molecule has 0 atom stereocenters. The number of ether oxygens (including phenoxy) is 1. The smallest absolute Gasteiger partial charge is 0.157 e. The van der Waals surface area contributed by atoms with E-state index in [2.05, 4.69) is 5.32 Å². The Labute approximate surface area is 156 Å². The van der Waals surface area contributed by atoms with E-state index in [4.69, 9.17) is 27.9 Å². The first kappa shape index (κ1) is 17.5. The molecule has 0 aliphatic rings. The highest BCUT2D eigenvalue weighted by Crippen LogP contribution is 2.35. The topological polar surface area (TPSA) is 41.5 Å². The van der Waals surface area contributed by atoms with Gasteiger partial charge in [-0.15, -0.1) is 0 Å². The number of aromatic hydroxyl groups is 1. The van der Waals surface area contributed by atoms with E-state index in [1.165, 1.54) is 6.07 Å². The number of benzene rings is 3. The average Bonchev–Trinajstić information content (AvgIpc) is 2.63. The van der Waals surface area contributed by atoms with Crippen LogP contribution in [0.4, 0.5) is 5.69 Å². The first-order valence-corrected chi connectivity index (χ1v) is 8.55. The number of nitrogens with one attached hydrogen (secondary N) is 1. The molecule has 128 valence electrons. The van der Waals surface area contributed by atoms with Crippen molar-refractivity contribution in [1.82, 2.24) is 0 Å². The van der Waals surface area contributed by atoms with Crippen LogP contribution in [0.2, 0.25) is 10.0 Å². The lowest BCUT2D eigenvalue weighted by Crippen LogP contribution is -2.01. The molecule has 0 aliphatic heterocycles. The van der Waals surface area contributed by atoms with Gasteiger partial charge in [0.25, 0.3) is 0 Å². The van der Waals surface area contributed by atoms with Crippen molar-refractivity contribution < 1.29 is 9.84 Å². The molecule has 0 fully saturated rings. The van der Waals surface area contributed by atoms with Crippen molar-refractivity contribution in [3.05, 3.63) is 87.9 Å². The van der Waals surface area contributed by atoms with Gasteiger partial charge in [-0.1, -0.05) is 65.7 Å². The van der Waals surface area contributed by atoms with Crippen molar-refractivity contribution in [2.45, 2.75) is 13.2 Å². The zero-order valence-electron chi connectivity index (χ0n) is 13.4. The van der Waals surface area contributed by atoms with Crippen LogP contribution in [0.5, 0.6) is 11.5 Å². The van der Waals surface area contributed by atoms with Crippen LogP contribution in [-0.2, 0) is 13.2 Å². The second-order valence-corrected chi connectivity index (χ2v) is 6.40. The molecule has 0 spiro atoms. The standard InChI is InChI=1S/C20H17Cl2NO2/c21-16-10-18(22)20(24)19(11-16)23-12-15-7-4-8-17(9-15)25-13-14-5-2-1-3-6-14/h1-11,23-24H,12-13H2. The summed E-state index contributed by atoms with van der Waals surface area (Å²) in [7, 11) is 0. The number of phenolic OH excluding ortho intramolecular Hbond substituents is 1. The summed E-state index contributed by atoms with van der Waals surface area (Å²) < 4.78 is 5.83. The fraction of sp³-hybridized carbons (Fsp3) is 0.100. The Kier molecular flexibility index (Phi) is 5.69. The van der Waals surface area contributed by atoms with E-state index in [0.29, 0.717) is 23.9 Å². The molecule has 3 aromatic carbocycles. The molecule has 3 rings (SSSR count). The average molecular weight is 374 g/mol. The van der Waals surface area contributed by atoms with Gasteiger partial charge < -0.3 is 15.2 Å². The second-order valence-electron chi connectivity index (χ2n) is 5.56. The molecule has 0 radical (unpaired) electrons. The van der Waals surface area contributed by atoms with Crippen molar-refractivity contribution in [2.75, 3.05) is 5.32 Å². The number of anilines is 1. The summed E-state index contributed by atoms with van der Waals surface area (Å²) in [5.41, 5.74) is 2.62. The number of rotatable bonds is 6. The van der Waals surface area contributed by atoms with Gasteiger partial charge in [0.2, 0.25) is 0 Å². The van der Waals surface area contributed by atoms with Crippen molar-refractivity contribution in [3.63, 3.8) is 0 Å². The Balaban J connectivity index is 1.64. The van der Waals surface area contributed by atoms with Crippen LogP contribution < -0.4 is 10.1 Å². The second kappa shape index (κ2) is 8.15. The summed E-state index contributed by atoms with van der Waals surface area (Å²) in [4.78, 5) is 0. The van der Waals surface area contributed by atoms with Crippen molar-refractivity contribution in [2.24, 2.45) is 0 Å². The van der Waals surface area contributed by atoms with Crippen molar-refractivity contribution >= 4 is 28.9 Å². The van der Waals surface area contributed by atoms with Crippen LogP contribution in [0.15, 0.2) is 66.7 Å². The summed E-state index contributed by atoms with van der Waals surface area (Å²) in [6.07, 6.45) is 0. The molecule has 2 N–H and O–H groups in total. The fourth-order valence-electron chi connectivity index (χ4n) is 2.38. The van der Waals surface area contributed by atoms with Gasteiger partial charge in [0.05, 0.1) is 10.7 Å². The maximum atomic E-state index is 9.99. The monoisotopic (exact) mass is 373 g/mol. The Bertz CT molecular complexity index is 854. The molecule has 25 heavy (non-hydrogen) atoms. The van der Waals surface area contributed by atoms with E-state index in [1.54, 1.807) is 6.07 Å². The molecular weight excluding hydrogens is 357 g/mol. The van der Waals surface area contributed by atoms with Gasteiger partial charge in [0.1, 0.15) is 12.4 Å². The number of halogens is 2. The van der Waals surface area contributed by atoms with Crippen LogP contribution >= 0.6 is 23.2 Å². The summed E-state index contributed by atoms with van der Waals surface area (Å²) in [5, 5.41) is 13.8. The van der Waals surface area contributed by atoms with Gasteiger partial charge in [-0.05, 0) is 35.4 Å². The molecule has 3 nitrogen and oxygen atoms in total. The fourth-order valence-corrected chi connectivity index (χ4v) is 2.88. The van der Waals surface area contributed by atoms with Crippen LogP contribution in [0, 0.1) is 0 Å². The van der Waals surface area contributed by atoms with Crippen LogP contribution in [-0.4, -0.2) is 5.11 Å². The number of phenols is 1. The molecule has 0 heterocycles. The predicted octanol–water partition coefficient (Wildman–Crippen LogP) is 5.89. The first-order valence-electron chi connectivity index (χ1n) is 7.79. The Morgan fingerprint density at radius 2 is 1.64 bits per heavy atom. The van der Waals surface area contributed by atoms with Crippen LogP contribution in [0.25, 0.3) is 0 Å². The predicted molar refractivity (Wildman–Crippen MR) is 103 cm³/mol. The molecule has 3 aromatic rings. The van der Waals surface area contributed by atoms with Crippen LogP contribution in [0.1, 0.15) is 11.1 Å². The lowest BCUT2D eigenvalue weighted by Gasteiger charge is -2.12. The van der Waals surface area contributed by atoms with E-state index in [0.717, 1.165) is 16.9 Å². The highest BCUT2D eigenvalue weighted by molar-refractivity contribution is 6.36. The molecule has 0 saturated heterocycles. The zero-order chi connectivity index (χ0) is 17.6. The molecule has 0 amide bonds. The Morgan fingerprint density at radius 1 is 0.880 bits per heavy atom. The van der Waals surface area contributed by atoms with E-state index in [-0.39, 0.29) is 10.8 Å². The minimum Gasteiger partial charge on any atom is -0.504 e. The van der Waals surface area contributed by atoms with E-state index >= 15 is 0 Å². The zero-order valence-corrected chi connectivity index (χ0v) is 14.9. The van der Waals surface area contributed by atoms with E-state index in [9.17, 15) is 5.11 Å². The molecule has 0 aromatic heterocycles. The highest BCUT2D eigenvalue weighted by Gasteiger charge is 2.08. The SMILES string of the molecule is Oc1c(Cl)cc(Cl)cc1NCc1cccc(OCc2ccccc2)c1. The van der Waals surface area contributed by atoms with E-state index in [1.807, 2.05) is 54.6 Å². The van der Waals surface area contributed by atoms with Crippen molar-refractivity contribution in [3.8, 4) is 11.5 Å². The van der Waals surface area contributed by atoms with Gasteiger partial charge in [0, 0.05) is 11.6 Å². The van der Waals surface area contributed by atoms with E-state index < -0.39 is 0 Å². The third kappa shape index (κ3) is 4.81. The minimum atomic E-state index is -0.0115. The molecule has 0 bridgehead atoms. The molecule has 0 unspecified atom stereocenters. The molecular formula is C20H17Cl2NO2. The summed E-state index contributed by atoms with van der Waals surface area (Å²) in [6.45, 7) is 1.02. The number of hydrogen-bond donors (Lipinski definition) is 2. The highest BCUT2D eigenvalue weighted by atomic mass is 35.5. The third-order valence-corrected chi connectivity index (χ3v) is 4.16. The normalized spacial score (nSPS) is 10.5. The summed E-state index contributed by atoms with van der Waals surface area (Å²) >= 11 is 11.9. The molecule has 5 heteroatoms. The summed E-state index contributed by atoms with van der Waals surface area (Å²) in [5.74, 6) is 0.777. The Morgan fingerprint density at radius 3 is 2.44 bits per heavy atom. The van der Waals surface area contributed by atoms with Crippen molar-refractivity contribution in [1.29, 1.82) is 0 Å². The van der Waals surface area contributed by atoms with Crippen LogP contribution in [0.3, 0.4) is 0 Å². The lowest BCUT2D eigenvalue weighted by molar-refractivity contribution is 0.306. The quantitative estimate of drug-likeness (QED) is 0.529. The lowest BCUT2D eigenvalue weighted by atomic mass is 10.2. The Hall–Kier alpha value is -2.36. The van der Waals surface area contributed by atoms with Gasteiger partial charge in [-0.2, -0.15) is 0 Å². The maximum Gasteiger partial charge on any atom is 0.157 e. The largest absolute Gasteiger partial charge is 0.504 e. The third-order valence-electron chi connectivity index (χ3n) is 3.66.